The SMILES string of the molecule is COc1ccc(Br)c(N=C(NC#N)SC)c1-c1ccccc1O. The third-order valence-electron chi connectivity index (χ3n) is 3.05. The van der Waals surface area contributed by atoms with Crippen LogP contribution in [-0.2, 0) is 0 Å². The van der Waals surface area contributed by atoms with Crippen LogP contribution in [0.15, 0.2) is 45.9 Å². The number of rotatable bonds is 3. The predicted octanol–water partition coefficient (Wildman–Crippen LogP) is 4.25. The van der Waals surface area contributed by atoms with Gasteiger partial charge in [-0.1, -0.05) is 30.0 Å². The minimum absolute atomic E-state index is 0.124. The first-order valence-corrected chi connectivity index (χ1v) is 8.56. The van der Waals surface area contributed by atoms with Crippen LogP contribution >= 0.6 is 27.7 Å². The highest BCUT2D eigenvalue weighted by atomic mass is 79.9. The van der Waals surface area contributed by atoms with Crippen molar-refractivity contribution in [1.82, 2.24) is 5.32 Å². The third-order valence-corrected chi connectivity index (χ3v) is 4.27. The molecule has 0 fully saturated rings. The summed E-state index contributed by atoms with van der Waals surface area (Å²) in [4.78, 5) is 4.50. The van der Waals surface area contributed by atoms with Gasteiger partial charge in [0.2, 0.25) is 0 Å². The van der Waals surface area contributed by atoms with E-state index in [0.717, 1.165) is 4.47 Å². The quantitative estimate of drug-likeness (QED) is 0.353. The first kappa shape index (κ1) is 17.2. The number of halogens is 1. The van der Waals surface area contributed by atoms with Gasteiger partial charge in [0.25, 0.3) is 0 Å². The third kappa shape index (κ3) is 3.78. The number of thioether (sulfide) groups is 1. The Labute approximate surface area is 147 Å². The van der Waals surface area contributed by atoms with E-state index >= 15 is 0 Å². The molecule has 0 bridgehead atoms. The Bertz CT molecular complexity index is 787. The number of hydrogen-bond acceptors (Lipinski definition) is 5. The molecule has 0 radical (unpaired) electrons. The van der Waals surface area contributed by atoms with Crippen LogP contribution in [0.1, 0.15) is 0 Å². The van der Waals surface area contributed by atoms with Crippen LogP contribution < -0.4 is 10.1 Å². The zero-order valence-electron chi connectivity index (χ0n) is 12.5. The molecule has 7 heteroatoms. The van der Waals surface area contributed by atoms with Crippen molar-refractivity contribution in [3.63, 3.8) is 0 Å². The van der Waals surface area contributed by atoms with Crippen molar-refractivity contribution < 1.29 is 9.84 Å². The molecule has 2 N–H and O–H groups in total. The van der Waals surface area contributed by atoms with E-state index in [-0.39, 0.29) is 5.75 Å². The number of nitrogens with one attached hydrogen (secondary N) is 1. The monoisotopic (exact) mass is 391 g/mol. The highest BCUT2D eigenvalue weighted by Crippen LogP contribution is 2.46. The van der Waals surface area contributed by atoms with Crippen molar-refractivity contribution in [3.05, 3.63) is 40.9 Å². The second-order valence-corrected chi connectivity index (χ2v) is 6.00. The summed E-state index contributed by atoms with van der Waals surface area (Å²) >= 11 is 4.79. The van der Waals surface area contributed by atoms with Crippen LogP contribution in [0.3, 0.4) is 0 Å². The number of aliphatic imine (C=N–C) groups is 1. The molecule has 0 saturated carbocycles. The van der Waals surface area contributed by atoms with Crippen LogP contribution in [0.2, 0.25) is 0 Å². The topological polar surface area (TPSA) is 77.6 Å². The van der Waals surface area contributed by atoms with Crippen molar-refractivity contribution in [2.45, 2.75) is 0 Å². The lowest BCUT2D eigenvalue weighted by Crippen LogP contribution is -2.12. The molecule has 0 saturated heterocycles. The lowest BCUT2D eigenvalue weighted by atomic mass is 10.0. The van der Waals surface area contributed by atoms with Gasteiger partial charge in [0, 0.05) is 10.0 Å². The molecule has 0 aliphatic rings. The van der Waals surface area contributed by atoms with E-state index in [1.165, 1.54) is 11.8 Å². The van der Waals surface area contributed by atoms with Crippen LogP contribution in [0.4, 0.5) is 5.69 Å². The van der Waals surface area contributed by atoms with Gasteiger partial charge in [0.15, 0.2) is 11.4 Å². The van der Waals surface area contributed by atoms with Gasteiger partial charge in [0.1, 0.15) is 11.5 Å². The van der Waals surface area contributed by atoms with Gasteiger partial charge in [-0.2, -0.15) is 5.26 Å². The molecular weight excluding hydrogens is 378 g/mol. The van der Waals surface area contributed by atoms with Crippen molar-refractivity contribution in [2.24, 2.45) is 4.99 Å². The smallest absolute Gasteiger partial charge is 0.183 e. The first-order chi connectivity index (χ1) is 11.1. The number of phenols is 1. The van der Waals surface area contributed by atoms with Crippen LogP contribution in [0, 0.1) is 11.5 Å². The maximum atomic E-state index is 10.2. The van der Waals surface area contributed by atoms with E-state index in [1.54, 1.807) is 31.4 Å². The number of hydrogen-bond donors (Lipinski definition) is 2. The Balaban J connectivity index is 2.76. The fourth-order valence-corrected chi connectivity index (χ4v) is 2.80. The van der Waals surface area contributed by atoms with Gasteiger partial charge in [0.05, 0.1) is 18.4 Å². The standard InChI is InChI=1S/C16H14BrN3O2S/c1-22-13-8-7-11(17)15(20-16(23-2)19-9-18)14(13)10-5-3-4-6-12(10)21/h3-8,21H,1-2H3,(H,19,20). The van der Waals surface area contributed by atoms with E-state index < -0.39 is 0 Å². The molecule has 0 heterocycles. The Hall–Kier alpha value is -2.17. The van der Waals surface area contributed by atoms with Gasteiger partial charge in [-0.05, 0) is 40.4 Å². The highest BCUT2D eigenvalue weighted by Gasteiger charge is 2.18. The van der Waals surface area contributed by atoms with E-state index in [2.05, 4.69) is 26.2 Å². The number of phenolic OH excluding ortho intramolecular Hbond substituents is 1. The molecule has 0 spiro atoms. The molecule has 2 aromatic carbocycles. The number of nitrogens with zero attached hydrogens (tertiary/aromatic N) is 2. The van der Waals surface area contributed by atoms with E-state index in [9.17, 15) is 5.11 Å². The summed E-state index contributed by atoms with van der Waals surface area (Å²) in [6.07, 6.45) is 3.68. The van der Waals surface area contributed by atoms with Gasteiger partial charge in [-0.15, -0.1) is 0 Å². The molecule has 5 nitrogen and oxygen atoms in total. The molecule has 0 amide bonds. The second-order valence-electron chi connectivity index (χ2n) is 4.35. The van der Waals surface area contributed by atoms with Gasteiger partial charge < -0.3 is 9.84 Å². The minimum atomic E-state index is 0.124. The Kier molecular flexibility index (Phi) is 5.90. The predicted molar refractivity (Wildman–Crippen MR) is 97.2 cm³/mol. The Morgan fingerprint density at radius 3 is 2.70 bits per heavy atom. The summed E-state index contributed by atoms with van der Waals surface area (Å²) in [7, 11) is 1.56. The number of nitriles is 1. The summed E-state index contributed by atoms with van der Waals surface area (Å²) in [6.45, 7) is 0. The maximum absolute atomic E-state index is 10.2. The molecule has 0 aliphatic carbocycles. The zero-order valence-corrected chi connectivity index (χ0v) is 14.9. The average Bonchev–Trinajstić information content (AvgIpc) is 2.56. The van der Waals surface area contributed by atoms with Gasteiger partial charge in [-0.25, -0.2) is 4.99 Å². The minimum Gasteiger partial charge on any atom is -0.507 e. The summed E-state index contributed by atoms with van der Waals surface area (Å²) in [5, 5.41) is 22.0. The fraction of sp³-hybridized carbons (Fsp3) is 0.125. The summed E-state index contributed by atoms with van der Waals surface area (Å²) in [5.74, 6) is 0.699. The molecule has 118 valence electrons. The van der Waals surface area contributed by atoms with Crippen molar-refractivity contribution >= 4 is 38.5 Å². The van der Waals surface area contributed by atoms with Crippen molar-refractivity contribution in [1.29, 1.82) is 5.26 Å². The number of amidine groups is 1. The largest absolute Gasteiger partial charge is 0.507 e. The van der Waals surface area contributed by atoms with E-state index in [4.69, 9.17) is 10.00 Å². The van der Waals surface area contributed by atoms with E-state index in [0.29, 0.717) is 27.7 Å². The summed E-state index contributed by atoms with van der Waals surface area (Å²) in [6, 6.07) is 10.6. The normalized spacial score (nSPS) is 11.0. The van der Waals surface area contributed by atoms with Crippen LogP contribution in [0.5, 0.6) is 11.5 Å². The van der Waals surface area contributed by atoms with Crippen molar-refractivity contribution in [3.8, 4) is 28.8 Å². The number of methoxy groups -OCH3 is 1. The second kappa shape index (κ2) is 7.90. The van der Waals surface area contributed by atoms with Crippen LogP contribution in [-0.4, -0.2) is 23.6 Å². The fourth-order valence-electron chi connectivity index (χ4n) is 2.05. The van der Waals surface area contributed by atoms with Gasteiger partial charge >= 0.3 is 0 Å². The lowest BCUT2D eigenvalue weighted by Gasteiger charge is -2.15. The van der Waals surface area contributed by atoms with E-state index in [1.807, 2.05) is 24.6 Å². The average molecular weight is 392 g/mol. The molecular formula is C16H14BrN3O2S. The number of benzene rings is 2. The van der Waals surface area contributed by atoms with Gasteiger partial charge in [-0.3, -0.25) is 5.32 Å². The summed E-state index contributed by atoms with van der Waals surface area (Å²) in [5.41, 5.74) is 1.81. The first-order valence-electron chi connectivity index (χ1n) is 6.55. The highest BCUT2D eigenvalue weighted by molar-refractivity contribution is 9.10. The molecule has 0 unspecified atom stereocenters. The number of ether oxygens (including phenoxy) is 1. The Morgan fingerprint density at radius 2 is 2.09 bits per heavy atom. The van der Waals surface area contributed by atoms with Crippen LogP contribution in [0.25, 0.3) is 11.1 Å². The zero-order chi connectivity index (χ0) is 16.8. The maximum Gasteiger partial charge on any atom is 0.183 e. The molecule has 0 atom stereocenters. The number of para-hydroxylation sites is 1. The molecule has 23 heavy (non-hydrogen) atoms. The summed E-state index contributed by atoms with van der Waals surface area (Å²) < 4.78 is 6.16. The van der Waals surface area contributed by atoms with Crippen molar-refractivity contribution in [2.75, 3.05) is 13.4 Å². The lowest BCUT2D eigenvalue weighted by molar-refractivity contribution is 0.416. The molecule has 2 aromatic rings. The molecule has 0 aromatic heterocycles. The Morgan fingerprint density at radius 1 is 1.35 bits per heavy atom. The number of aromatic hydroxyl groups is 1. The molecule has 2 rings (SSSR count). The molecule has 0 aliphatic heterocycles.